The van der Waals surface area contributed by atoms with E-state index in [9.17, 15) is 27.9 Å². The summed E-state index contributed by atoms with van der Waals surface area (Å²) in [6, 6.07) is 21.3. The molecule has 0 saturated heterocycles. The number of nitrogens with zero attached hydrogens (tertiary/aromatic N) is 2. The van der Waals surface area contributed by atoms with Gasteiger partial charge in [0.15, 0.2) is 0 Å². The Balaban J connectivity index is 0.000000232. The fourth-order valence-electron chi connectivity index (χ4n) is 3.51. The maximum absolute atomic E-state index is 11.4. The summed E-state index contributed by atoms with van der Waals surface area (Å²) in [5.41, 5.74) is 3.48. The molecule has 11 nitrogen and oxygen atoms in total. The molecular weight excluding hydrogens is 557 g/mol. The van der Waals surface area contributed by atoms with Crippen LogP contribution in [0.5, 0.6) is 5.75 Å². The monoisotopic (exact) mass is 581 g/mol. The van der Waals surface area contributed by atoms with Gasteiger partial charge >= 0.3 is 88.4 Å². The van der Waals surface area contributed by atoms with Crippen LogP contribution in [0.15, 0.2) is 91.3 Å². The molecule has 1 atom stereocenters. The van der Waals surface area contributed by atoms with Crippen LogP contribution in [0.25, 0.3) is 11.1 Å². The van der Waals surface area contributed by atoms with E-state index in [4.69, 9.17) is 5.26 Å². The molecule has 0 saturated carbocycles. The Morgan fingerprint density at radius 1 is 1.03 bits per heavy atom. The van der Waals surface area contributed by atoms with Crippen molar-refractivity contribution in [1.29, 1.82) is 0 Å². The normalized spacial score (nSPS) is 12.0. The van der Waals surface area contributed by atoms with Gasteiger partial charge < -0.3 is 5.11 Å². The van der Waals surface area contributed by atoms with Gasteiger partial charge in [-0.3, -0.25) is 15.1 Å². The maximum atomic E-state index is 11.4. The molecule has 196 valence electrons. The first kappa shape index (κ1) is 28.3. The third kappa shape index (κ3) is 7.61. The minimum atomic E-state index is -4.92. The van der Waals surface area contributed by atoms with Gasteiger partial charge in [-0.25, -0.2) is 0 Å². The van der Waals surface area contributed by atoms with Crippen LogP contribution < -0.4 is 9.67 Å². The molecule has 38 heavy (non-hydrogen) atoms. The molecule has 0 fully saturated rings. The van der Waals surface area contributed by atoms with Crippen LogP contribution in [0, 0.1) is 10.1 Å². The number of rotatable bonds is 7. The van der Waals surface area contributed by atoms with Crippen molar-refractivity contribution in [3.63, 3.8) is 0 Å². The van der Waals surface area contributed by atoms with Gasteiger partial charge in [-0.15, -0.1) is 0 Å². The fourth-order valence-corrected chi connectivity index (χ4v) is 5.18. The molecule has 1 heterocycles. The van der Waals surface area contributed by atoms with E-state index < -0.39 is 19.1 Å². The quantitative estimate of drug-likeness (QED) is 0.110. The molecule has 0 aliphatic rings. The number of nitro groups is 1. The number of amides is 1. The van der Waals surface area contributed by atoms with Crippen molar-refractivity contribution >= 4 is 35.8 Å². The number of carbonyl (C=O) groups is 1. The van der Waals surface area contributed by atoms with Crippen molar-refractivity contribution in [2.45, 2.75) is 13.3 Å². The zero-order chi connectivity index (χ0) is 27.7. The van der Waals surface area contributed by atoms with E-state index in [2.05, 4.69) is 14.2 Å². The zero-order valence-corrected chi connectivity index (χ0v) is 22.0. The van der Waals surface area contributed by atoms with Gasteiger partial charge in [0.05, 0.1) is 4.92 Å². The third-order valence-corrected chi connectivity index (χ3v) is 7.78. The molecule has 1 amide bonds. The number of nitrogens with one attached hydrogen (secondary N) is 1. The van der Waals surface area contributed by atoms with E-state index in [-0.39, 0.29) is 27.4 Å². The number of anilines is 1. The number of phenolic OH excluding ortho intramolecular Hbond substituents is 1. The second kappa shape index (κ2) is 12.8. The van der Waals surface area contributed by atoms with Gasteiger partial charge in [0.1, 0.15) is 5.75 Å². The van der Waals surface area contributed by atoms with Crippen LogP contribution in [-0.2, 0) is 18.8 Å². The Bertz CT molecular complexity index is 1480. The largest absolute Gasteiger partial charge is 0.507 e. The van der Waals surface area contributed by atoms with Gasteiger partial charge in [-0.1, -0.05) is 18.2 Å². The van der Waals surface area contributed by atoms with Gasteiger partial charge in [0.25, 0.3) is 5.69 Å². The fraction of sp³-hybridized carbons (Fsp3) is 0.0769. The molecule has 1 aromatic heterocycles. The van der Waals surface area contributed by atoms with Crippen molar-refractivity contribution in [3.05, 3.63) is 112 Å². The van der Waals surface area contributed by atoms with E-state index in [1.54, 1.807) is 36.7 Å². The number of para-hydroxylation sites is 1. The molecule has 0 aliphatic carbocycles. The summed E-state index contributed by atoms with van der Waals surface area (Å²) in [7, 11) is 0. The van der Waals surface area contributed by atoms with Crippen LogP contribution >= 0.6 is 0 Å². The molecule has 12 heteroatoms. The van der Waals surface area contributed by atoms with E-state index >= 15 is 0 Å². The zero-order valence-electron chi connectivity index (χ0n) is 20.1. The Kier molecular flexibility index (Phi) is 9.53. The van der Waals surface area contributed by atoms with Crippen LogP contribution in [0.3, 0.4) is 0 Å². The second-order valence-electron chi connectivity index (χ2n) is 7.99. The van der Waals surface area contributed by atoms with Crippen molar-refractivity contribution in [1.82, 2.24) is 4.98 Å². The summed E-state index contributed by atoms with van der Waals surface area (Å²) >= 11 is -4.92. The topological polar surface area (TPSA) is 172 Å². The van der Waals surface area contributed by atoms with Crippen molar-refractivity contribution < 1.29 is 31.8 Å². The molecule has 4 aromatic rings. The van der Waals surface area contributed by atoms with Gasteiger partial charge in [-0.2, -0.15) is 0 Å². The first-order valence-electron chi connectivity index (χ1n) is 11.1. The van der Waals surface area contributed by atoms with Crippen molar-refractivity contribution in [2.24, 2.45) is 0 Å². The summed E-state index contributed by atoms with van der Waals surface area (Å²) in [5.74, 6) is -0.278. The Morgan fingerprint density at radius 3 is 2.39 bits per heavy atom. The predicted octanol–water partition coefficient (Wildman–Crippen LogP) is 3.66. The Hall–Kier alpha value is -4.28. The third-order valence-electron chi connectivity index (χ3n) is 5.22. The number of hydrogen-bond donors (Lipinski definition) is 4. The van der Waals surface area contributed by atoms with Crippen LogP contribution in [-0.4, -0.2) is 44.4 Å². The number of carbonyl (C=O) groups excluding carboxylic acids is 1. The number of non-ortho nitro benzene ring substituents is 1. The minimum Gasteiger partial charge on any atom is -0.507 e. The number of hydrogen-bond acceptors (Lipinski definition) is 8. The molecule has 0 bridgehead atoms. The van der Waals surface area contributed by atoms with Crippen molar-refractivity contribution in [3.8, 4) is 16.9 Å². The summed E-state index contributed by atoms with van der Waals surface area (Å²) in [5, 5.41) is 31.7. The molecule has 0 radical (unpaired) electrons. The smallest absolute Gasteiger partial charge is 0.270 e. The van der Waals surface area contributed by atoms with E-state index in [0.717, 1.165) is 11.1 Å². The van der Waals surface area contributed by atoms with E-state index in [0.29, 0.717) is 17.5 Å². The number of benzene rings is 3. The number of nitro benzene ring substituents is 1. The van der Waals surface area contributed by atoms with Crippen LogP contribution in [0.2, 0.25) is 0 Å². The number of aromatic hydroxyl groups is 1. The molecule has 4 rings (SSSR count). The molecule has 0 spiro atoms. The average Bonchev–Trinajstić information content (AvgIpc) is 2.91. The predicted molar refractivity (Wildman–Crippen MR) is 140 cm³/mol. The van der Waals surface area contributed by atoms with E-state index in [1.807, 2.05) is 24.3 Å². The molecule has 4 N–H and O–H groups in total. The maximum Gasteiger partial charge on any atom is 0.270 e. The SMILES string of the molecule is CC(=O)Nc1ccccc1[As](=O)(O)OO.O=[N+]([O-])c1cccc(-c2cc(Cc3ccncc3)ccc2O)c1. The summed E-state index contributed by atoms with van der Waals surface area (Å²) in [4.78, 5) is 25.3. The average molecular weight is 581 g/mol. The molecule has 1 unspecified atom stereocenters. The van der Waals surface area contributed by atoms with Gasteiger partial charge in [0.2, 0.25) is 0 Å². The second-order valence-corrected chi connectivity index (χ2v) is 11.5. The Labute approximate surface area is 220 Å². The summed E-state index contributed by atoms with van der Waals surface area (Å²) in [6.45, 7) is 1.27. The van der Waals surface area contributed by atoms with Gasteiger partial charge in [0, 0.05) is 30.1 Å². The number of aromatic nitrogens is 1. The first-order valence-corrected chi connectivity index (χ1v) is 14.4. The molecular formula is C26H24AsN3O8. The standard InChI is InChI=1S/C18H14N2O3.C8H10AsNO5/c21-18-5-4-14(10-13-6-8-19-9-7-13)11-17(18)15-2-1-3-16(12-15)20(22)23;1-6(11)10-8-5-3-2-4-7(8)9(12,13)15-14/h1-9,11-12,21H,10H2;2-5,14H,1H3,(H,10,11)(H,12,13). The van der Waals surface area contributed by atoms with Crippen LogP contribution in [0.4, 0.5) is 11.4 Å². The van der Waals surface area contributed by atoms with E-state index in [1.165, 1.54) is 37.3 Å². The molecule has 3 aromatic carbocycles. The number of pyridine rings is 1. The minimum absolute atomic E-state index is 0.00133. The number of phenols is 1. The molecule has 0 aliphatic heterocycles. The van der Waals surface area contributed by atoms with Crippen LogP contribution in [0.1, 0.15) is 18.1 Å². The first-order chi connectivity index (χ1) is 18.1. The Morgan fingerprint density at radius 2 is 1.74 bits per heavy atom. The summed E-state index contributed by atoms with van der Waals surface area (Å²) in [6.07, 6.45) is 4.17. The van der Waals surface area contributed by atoms with Gasteiger partial charge in [-0.05, 0) is 47.4 Å². The van der Waals surface area contributed by atoms with Crippen molar-refractivity contribution in [2.75, 3.05) is 5.32 Å². The summed E-state index contributed by atoms with van der Waals surface area (Å²) < 4.78 is 24.1.